The molecular weight excluding hydrogens is 178 g/mol. The summed E-state index contributed by atoms with van der Waals surface area (Å²) >= 11 is 0. The van der Waals surface area contributed by atoms with E-state index in [1.54, 1.807) is 23.0 Å². The average Bonchev–Trinajstić information content (AvgIpc) is 2.56. The second-order valence-electron chi connectivity index (χ2n) is 2.95. The Kier molecular flexibility index (Phi) is 1.85. The van der Waals surface area contributed by atoms with Crippen molar-refractivity contribution in [2.75, 3.05) is 0 Å². The fourth-order valence-corrected chi connectivity index (χ4v) is 1.53. The predicted molar refractivity (Wildman–Crippen MR) is 55.3 cm³/mol. The molecule has 0 fully saturated rings. The number of carbonyl (C=O) groups is 1. The number of hydrogen-bond donors (Lipinski definition) is 1. The lowest BCUT2D eigenvalue weighted by Crippen LogP contribution is -1.93. The largest absolute Gasteiger partial charge is 0.478 e. The topological polar surface area (TPSA) is 42.2 Å². The number of nitrogens with zero attached hydrogens (tertiary/aromatic N) is 1. The summed E-state index contributed by atoms with van der Waals surface area (Å²) < 4.78 is 1.71. The van der Waals surface area contributed by atoms with Crippen molar-refractivity contribution in [2.24, 2.45) is 0 Å². The van der Waals surface area contributed by atoms with Gasteiger partial charge in [0.1, 0.15) is 0 Å². The third-order valence-electron chi connectivity index (χ3n) is 2.17. The second-order valence-corrected chi connectivity index (χ2v) is 2.95. The van der Waals surface area contributed by atoms with E-state index in [2.05, 4.69) is 6.58 Å². The maximum absolute atomic E-state index is 10.9. The first-order chi connectivity index (χ1) is 6.74. The third kappa shape index (κ3) is 1.10. The Morgan fingerprint density at radius 1 is 1.43 bits per heavy atom. The molecule has 0 bridgehead atoms. The van der Waals surface area contributed by atoms with Crippen molar-refractivity contribution in [3.05, 3.63) is 42.6 Å². The Balaban J connectivity index is 2.86. The number of rotatable bonds is 2. The van der Waals surface area contributed by atoms with E-state index in [4.69, 9.17) is 5.11 Å². The number of hydrogen-bond acceptors (Lipinski definition) is 1. The summed E-state index contributed by atoms with van der Waals surface area (Å²) in [6.07, 6.45) is 3.16. The molecule has 1 N–H and O–H groups in total. The number of aromatic nitrogens is 1. The summed E-state index contributed by atoms with van der Waals surface area (Å²) in [5, 5.41) is 9.68. The Labute approximate surface area is 80.9 Å². The molecule has 0 saturated carbocycles. The molecule has 1 aromatic heterocycles. The van der Waals surface area contributed by atoms with Crippen LogP contribution in [0.1, 0.15) is 10.4 Å². The molecule has 1 aromatic carbocycles. The van der Waals surface area contributed by atoms with E-state index >= 15 is 0 Å². The summed E-state index contributed by atoms with van der Waals surface area (Å²) in [4.78, 5) is 10.9. The molecular formula is C11H9NO2. The van der Waals surface area contributed by atoms with E-state index < -0.39 is 5.97 Å². The minimum absolute atomic E-state index is 0.306. The lowest BCUT2D eigenvalue weighted by atomic mass is 10.2. The fraction of sp³-hybridized carbons (Fsp3) is 0. The van der Waals surface area contributed by atoms with Gasteiger partial charge in [0.05, 0.1) is 11.1 Å². The molecule has 3 nitrogen and oxygen atoms in total. The third-order valence-corrected chi connectivity index (χ3v) is 2.17. The van der Waals surface area contributed by atoms with Crippen LogP contribution >= 0.6 is 0 Å². The van der Waals surface area contributed by atoms with Crippen molar-refractivity contribution in [1.29, 1.82) is 0 Å². The van der Waals surface area contributed by atoms with Crippen LogP contribution in [0.5, 0.6) is 0 Å². The molecule has 0 unspecified atom stereocenters. The zero-order valence-electron chi connectivity index (χ0n) is 7.47. The van der Waals surface area contributed by atoms with E-state index in [1.165, 1.54) is 0 Å². The molecule has 0 aliphatic carbocycles. The van der Waals surface area contributed by atoms with Crippen molar-refractivity contribution >= 4 is 23.1 Å². The molecule has 0 aliphatic heterocycles. The van der Waals surface area contributed by atoms with Gasteiger partial charge in [-0.1, -0.05) is 24.8 Å². The van der Waals surface area contributed by atoms with Gasteiger partial charge in [-0.2, -0.15) is 0 Å². The fourth-order valence-electron chi connectivity index (χ4n) is 1.53. The average molecular weight is 187 g/mol. The van der Waals surface area contributed by atoms with Gasteiger partial charge in [0.25, 0.3) is 0 Å². The summed E-state index contributed by atoms with van der Waals surface area (Å²) in [5.41, 5.74) is 1.17. The molecule has 2 rings (SSSR count). The van der Waals surface area contributed by atoms with Crippen LogP contribution in [-0.2, 0) is 0 Å². The number of aromatic carboxylic acids is 1. The molecule has 70 valence electrons. The molecule has 0 radical (unpaired) electrons. The Hall–Kier alpha value is -2.03. The zero-order valence-corrected chi connectivity index (χ0v) is 7.47. The van der Waals surface area contributed by atoms with Crippen LogP contribution in [0.15, 0.2) is 37.0 Å². The van der Waals surface area contributed by atoms with Gasteiger partial charge in [0.15, 0.2) is 0 Å². The van der Waals surface area contributed by atoms with Gasteiger partial charge in [0, 0.05) is 17.8 Å². The number of carboxylic acids is 1. The monoisotopic (exact) mass is 187 g/mol. The Bertz CT molecular complexity index is 511. The van der Waals surface area contributed by atoms with Crippen LogP contribution in [-0.4, -0.2) is 15.6 Å². The molecule has 14 heavy (non-hydrogen) atoms. The quantitative estimate of drug-likeness (QED) is 0.784. The first kappa shape index (κ1) is 8.56. The second kappa shape index (κ2) is 3.03. The maximum atomic E-state index is 10.9. The Morgan fingerprint density at radius 2 is 2.14 bits per heavy atom. The van der Waals surface area contributed by atoms with Crippen LogP contribution < -0.4 is 0 Å². The van der Waals surface area contributed by atoms with Gasteiger partial charge in [0.2, 0.25) is 0 Å². The van der Waals surface area contributed by atoms with E-state index in [0.29, 0.717) is 5.56 Å². The summed E-state index contributed by atoms with van der Waals surface area (Å²) in [7, 11) is 0. The highest BCUT2D eigenvalue weighted by molar-refractivity contribution is 6.04. The maximum Gasteiger partial charge on any atom is 0.337 e. The highest BCUT2D eigenvalue weighted by Crippen LogP contribution is 2.21. The van der Waals surface area contributed by atoms with Crippen molar-refractivity contribution in [3.63, 3.8) is 0 Å². The SMILES string of the molecule is C=Cn1cc(C(=O)O)c2ccccc21. The lowest BCUT2D eigenvalue weighted by Gasteiger charge is -1.94. The highest BCUT2D eigenvalue weighted by Gasteiger charge is 2.11. The van der Waals surface area contributed by atoms with Crippen molar-refractivity contribution in [2.45, 2.75) is 0 Å². The van der Waals surface area contributed by atoms with Crippen molar-refractivity contribution < 1.29 is 9.90 Å². The highest BCUT2D eigenvalue weighted by atomic mass is 16.4. The van der Waals surface area contributed by atoms with Gasteiger partial charge >= 0.3 is 5.97 Å². The van der Waals surface area contributed by atoms with Gasteiger partial charge in [-0.3, -0.25) is 0 Å². The van der Waals surface area contributed by atoms with E-state index in [9.17, 15) is 4.79 Å². The molecule has 0 saturated heterocycles. The minimum atomic E-state index is -0.915. The molecule has 0 amide bonds. The lowest BCUT2D eigenvalue weighted by molar-refractivity contribution is 0.0699. The van der Waals surface area contributed by atoms with E-state index in [0.717, 1.165) is 10.9 Å². The van der Waals surface area contributed by atoms with Crippen LogP contribution in [0.25, 0.3) is 17.1 Å². The zero-order chi connectivity index (χ0) is 10.1. The van der Waals surface area contributed by atoms with Crippen LogP contribution in [0.2, 0.25) is 0 Å². The molecule has 2 aromatic rings. The molecule has 3 heteroatoms. The number of fused-ring (bicyclic) bond motifs is 1. The van der Waals surface area contributed by atoms with Gasteiger partial charge in [-0.15, -0.1) is 0 Å². The first-order valence-electron chi connectivity index (χ1n) is 4.19. The summed E-state index contributed by atoms with van der Waals surface area (Å²) in [6.45, 7) is 3.62. The minimum Gasteiger partial charge on any atom is -0.478 e. The molecule has 0 spiro atoms. The summed E-state index contributed by atoms with van der Waals surface area (Å²) in [5.74, 6) is -0.915. The molecule has 1 heterocycles. The normalized spacial score (nSPS) is 10.3. The van der Waals surface area contributed by atoms with Crippen LogP contribution in [0.3, 0.4) is 0 Å². The van der Waals surface area contributed by atoms with Crippen LogP contribution in [0, 0.1) is 0 Å². The standard InChI is InChI=1S/C11H9NO2/c1-2-12-7-9(11(13)14)8-5-3-4-6-10(8)12/h2-7H,1H2,(H,13,14). The Morgan fingerprint density at radius 3 is 2.79 bits per heavy atom. The predicted octanol–water partition coefficient (Wildman–Crippen LogP) is 2.44. The van der Waals surface area contributed by atoms with Gasteiger partial charge in [-0.05, 0) is 6.07 Å². The number of para-hydroxylation sites is 1. The van der Waals surface area contributed by atoms with Crippen molar-refractivity contribution in [1.82, 2.24) is 4.57 Å². The number of carboxylic acid groups (broad SMARTS) is 1. The smallest absolute Gasteiger partial charge is 0.337 e. The van der Waals surface area contributed by atoms with E-state index in [1.807, 2.05) is 18.2 Å². The first-order valence-corrected chi connectivity index (χ1v) is 4.19. The summed E-state index contributed by atoms with van der Waals surface area (Å²) in [6, 6.07) is 7.35. The molecule has 0 atom stereocenters. The van der Waals surface area contributed by atoms with Gasteiger partial charge < -0.3 is 9.67 Å². The molecule has 0 aliphatic rings. The van der Waals surface area contributed by atoms with Gasteiger partial charge in [-0.25, -0.2) is 4.79 Å². The number of benzene rings is 1. The van der Waals surface area contributed by atoms with Crippen LogP contribution in [0.4, 0.5) is 0 Å². The van der Waals surface area contributed by atoms with E-state index in [-0.39, 0.29) is 0 Å². The van der Waals surface area contributed by atoms with Crippen molar-refractivity contribution in [3.8, 4) is 0 Å².